The molecule has 1 unspecified atom stereocenters. The van der Waals surface area contributed by atoms with Gasteiger partial charge in [0.1, 0.15) is 0 Å². The van der Waals surface area contributed by atoms with E-state index in [4.69, 9.17) is 4.74 Å². The topological polar surface area (TPSA) is 9.23 Å². The van der Waals surface area contributed by atoms with Crippen LogP contribution in [0.15, 0.2) is 18.2 Å². The summed E-state index contributed by atoms with van der Waals surface area (Å²) < 4.78 is 5.36. The summed E-state index contributed by atoms with van der Waals surface area (Å²) in [5, 5.41) is 0. The predicted molar refractivity (Wildman–Crippen MR) is 63.1 cm³/mol. The van der Waals surface area contributed by atoms with E-state index < -0.39 is 0 Å². The van der Waals surface area contributed by atoms with Crippen molar-refractivity contribution in [1.82, 2.24) is 0 Å². The van der Waals surface area contributed by atoms with E-state index in [2.05, 4.69) is 25.1 Å². The number of aryl methyl sites for hydroxylation is 2. The van der Waals surface area contributed by atoms with Crippen molar-refractivity contribution >= 4 is 0 Å². The number of ether oxygens (including phenoxy) is 1. The summed E-state index contributed by atoms with van der Waals surface area (Å²) in [5.74, 6) is 0. The van der Waals surface area contributed by atoms with Crippen LogP contribution in [0.1, 0.15) is 49.0 Å². The highest BCUT2D eigenvalue weighted by molar-refractivity contribution is 5.34. The Hall–Kier alpha value is -0.820. The molecule has 1 aromatic carbocycles. The van der Waals surface area contributed by atoms with Crippen LogP contribution in [0.2, 0.25) is 0 Å². The van der Waals surface area contributed by atoms with E-state index in [1.165, 1.54) is 37.7 Å². The monoisotopic (exact) mass is 204 g/mol. The molecule has 0 amide bonds. The molecular formula is C14H20O. The zero-order chi connectivity index (χ0) is 10.7. The third kappa shape index (κ3) is 2.40. The van der Waals surface area contributed by atoms with Crippen molar-refractivity contribution in [3.05, 3.63) is 34.9 Å². The Balaban J connectivity index is 2.27. The van der Waals surface area contributed by atoms with Gasteiger partial charge in [-0.05, 0) is 49.3 Å². The van der Waals surface area contributed by atoms with Crippen molar-refractivity contribution in [2.24, 2.45) is 0 Å². The van der Waals surface area contributed by atoms with E-state index in [0.717, 1.165) is 0 Å². The highest BCUT2D eigenvalue weighted by atomic mass is 16.5. The normalized spacial score (nSPS) is 18.0. The number of benzene rings is 1. The highest BCUT2D eigenvalue weighted by Gasteiger charge is 2.10. The lowest BCUT2D eigenvalue weighted by Crippen LogP contribution is -1.99. The Bertz CT molecular complexity index is 330. The minimum Gasteiger partial charge on any atom is -0.377 e. The zero-order valence-electron chi connectivity index (χ0n) is 9.75. The van der Waals surface area contributed by atoms with Gasteiger partial charge in [-0.1, -0.05) is 24.6 Å². The first-order valence-electron chi connectivity index (χ1n) is 5.96. The van der Waals surface area contributed by atoms with Crippen molar-refractivity contribution in [3.63, 3.8) is 0 Å². The molecule has 0 saturated carbocycles. The number of fused-ring (bicyclic) bond motifs is 1. The van der Waals surface area contributed by atoms with Gasteiger partial charge in [0.05, 0.1) is 6.10 Å². The second-order valence-corrected chi connectivity index (χ2v) is 4.47. The maximum absolute atomic E-state index is 5.36. The maximum Gasteiger partial charge on any atom is 0.0793 e. The maximum atomic E-state index is 5.36. The minimum atomic E-state index is 0.221. The lowest BCUT2D eigenvalue weighted by atomic mass is 9.98. The molecule has 1 atom stereocenters. The molecule has 1 aliphatic rings. The Morgan fingerprint density at radius 1 is 1.07 bits per heavy atom. The molecule has 1 heteroatoms. The summed E-state index contributed by atoms with van der Waals surface area (Å²) in [6.45, 7) is 2.11. The average molecular weight is 204 g/mol. The van der Waals surface area contributed by atoms with Gasteiger partial charge in [0.2, 0.25) is 0 Å². The fourth-order valence-corrected chi connectivity index (χ4v) is 2.32. The van der Waals surface area contributed by atoms with Gasteiger partial charge in [0.15, 0.2) is 0 Å². The fourth-order valence-electron chi connectivity index (χ4n) is 2.32. The van der Waals surface area contributed by atoms with Gasteiger partial charge in [-0.25, -0.2) is 0 Å². The van der Waals surface area contributed by atoms with Crippen LogP contribution >= 0.6 is 0 Å². The summed E-state index contributed by atoms with van der Waals surface area (Å²) in [6, 6.07) is 6.86. The molecule has 1 aliphatic carbocycles. The summed E-state index contributed by atoms with van der Waals surface area (Å²) in [6.07, 6.45) is 6.81. The molecular weight excluding hydrogens is 184 g/mol. The van der Waals surface area contributed by atoms with Gasteiger partial charge >= 0.3 is 0 Å². The first kappa shape index (κ1) is 10.7. The van der Waals surface area contributed by atoms with Crippen LogP contribution in [0, 0.1) is 0 Å². The third-order valence-corrected chi connectivity index (χ3v) is 3.45. The van der Waals surface area contributed by atoms with Gasteiger partial charge in [-0.15, -0.1) is 0 Å². The molecule has 2 rings (SSSR count). The number of hydrogen-bond donors (Lipinski definition) is 0. The second-order valence-electron chi connectivity index (χ2n) is 4.47. The van der Waals surface area contributed by atoms with Crippen molar-refractivity contribution in [2.75, 3.05) is 7.11 Å². The Kier molecular flexibility index (Phi) is 3.42. The highest BCUT2D eigenvalue weighted by Crippen LogP contribution is 2.25. The van der Waals surface area contributed by atoms with Crippen LogP contribution in [0.5, 0.6) is 0 Å². The van der Waals surface area contributed by atoms with Gasteiger partial charge < -0.3 is 4.74 Å². The SMILES string of the molecule is COC(C)c1ccc2c(c1)CCCCC2. The largest absolute Gasteiger partial charge is 0.377 e. The second kappa shape index (κ2) is 4.80. The standard InChI is InChI=1S/C14H20O/c1-11(15-2)13-9-8-12-6-4-3-5-7-14(12)10-13/h8-11H,3-7H2,1-2H3. The summed E-state index contributed by atoms with van der Waals surface area (Å²) in [7, 11) is 1.77. The molecule has 15 heavy (non-hydrogen) atoms. The lowest BCUT2D eigenvalue weighted by molar-refractivity contribution is 0.119. The van der Waals surface area contributed by atoms with Crippen LogP contribution < -0.4 is 0 Å². The third-order valence-electron chi connectivity index (χ3n) is 3.45. The Morgan fingerprint density at radius 3 is 2.53 bits per heavy atom. The average Bonchev–Trinajstić information content (AvgIpc) is 2.51. The summed E-state index contributed by atoms with van der Waals surface area (Å²) in [5.41, 5.74) is 4.42. The molecule has 1 aromatic rings. The van der Waals surface area contributed by atoms with E-state index >= 15 is 0 Å². The molecule has 0 N–H and O–H groups in total. The summed E-state index contributed by atoms with van der Waals surface area (Å²) in [4.78, 5) is 0. The predicted octanol–water partition coefficient (Wildman–Crippen LogP) is 3.66. The van der Waals surface area contributed by atoms with Gasteiger partial charge in [-0.2, -0.15) is 0 Å². The van der Waals surface area contributed by atoms with Crippen molar-refractivity contribution in [2.45, 2.75) is 45.1 Å². The fraction of sp³-hybridized carbons (Fsp3) is 0.571. The first-order valence-corrected chi connectivity index (χ1v) is 5.96. The zero-order valence-corrected chi connectivity index (χ0v) is 9.75. The molecule has 0 aromatic heterocycles. The molecule has 0 aliphatic heterocycles. The smallest absolute Gasteiger partial charge is 0.0793 e. The quantitative estimate of drug-likeness (QED) is 0.668. The van der Waals surface area contributed by atoms with Crippen LogP contribution in [0.25, 0.3) is 0 Å². The minimum absolute atomic E-state index is 0.221. The number of rotatable bonds is 2. The van der Waals surface area contributed by atoms with Crippen LogP contribution in [0.4, 0.5) is 0 Å². The molecule has 0 heterocycles. The van der Waals surface area contributed by atoms with E-state index in [-0.39, 0.29) is 6.10 Å². The van der Waals surface area contributed by atoms with Crippen LogP contribution in [-0.2, 0) is 17.6 Å². The molecule has 0 spiro atoms. The van der Waals surface area contributed by atoms with Crippen molar-refractivity contribution in [1.29, 1.82) is 0 Å². The summed E-state index contributed by atoms with van der Waals surface area (Å²) >= 11 is 0. The number of methoxy groups -OCH3 is 1. The van der Waals surface area contributed by atoms with Crippen molar-refractivity contribution < 1.29 is 4.74 Å². The Labute approximate surface area is 92.5 Å². The van der Waals surface area contributed by atoms with E-state index in [0.29, 0.717) is 0 Å². The lowest BCUT2D eigenvalue weighted by Gasteiger charge is -2.13. The molecule has 0 bridgehead atoms. The van der Waals surface area contributed by atoms with Gasteiger partial charge in [-0.3, -0.25) is 0 Å². The molecule has 0 radical (unpaired) electrons. The number of hydrogen-bond acceptors (Lipinski definition) is 1. The van der Waals surface area contributed by atoms with Gasteiger partial charge in [0, 0.05) is 7.11 Å². The van der Waals surface area contributed by atoms with E-state index in [1.54, 1.807) is 18.2 Å². The molecule has 0 saturated heterocycles. The first-order chi connectivity index (χ1) is 7.31. The van der Waals surface area contributed by atoms with E-state index in [1.807, 2.05) is 0 Å². The Morgan fingerprint density at radius 2 is 1.80 bits per heavy atom. The molecule has 1 nitrogen and oxygen atoms in total. The van der Waals surface area contributed by atoms with E-state index in [9.17, 15) is 0 Å². The molecule has 0 fully saturated rings. The van der Waals surface area contributed by atoms with Crippen molar-refractivity contribution in [3.8, 4) is 0 Å². The van der Waals surface area contributed by atoms with Crippen LogP contribution in [0.3, 0.4) is 0 Å². The van der Waals surface area contributed by atoms with Gasteiger partial charge in [0.25, 0.3) is 0 Å². The van der Waals surface area contributed by atoms with Crippen LogP contribution in [-0.4, -0.2) is 7.11 Å². The molecule has 82 valence electrons.